The average Bonchev–Trinajstić information content (AvgIpc) is 3.00. The summed E-state index contributed by atoms with van der Waals surface area (Å²) in [6.45, 7) is 0.0484. The number of halogens is 2. The molecule has 0 bridgehead atoms. The fourth-order valence-corrected chi connectivity index (χ4v) is 3.29. The Bertz CT molecular complexity index is 744. The third-order valence-electron chi connectivity index (χ3n) is 3.82. The molecule has 1 spiro atoms. The molecule has 120 valence electrons. The third kappa shape index (κ3) is 2.36. The number of anilines is 1. The Morgan fingerprint density at radius 3 is 2.57 bits per heavy atom. The van der Waals surface area contributed by atoms with Crippen LogP contribution in [0.2, 0.25) is 10.0 Å². The minimum Gasteiger partial charge on any atom is -0.464 e. The number of ether oxygens (including phenoxy) is 1. The summed E-state index contributed by atoms with van der Waals surface area (Å²) in [5.74, 6) is -1.77. The number of carbonyl (C=O) groups is 3. The minimum absolute atomic E-state index is 0.0484. The van der Waals surface area contributed by atoms with Crippen LogP contribution in [0, 0.1) is 5.41 Å². The van der Waals surface area contributed by atoms with Gasteiger partial charge in [-0.1, -0.05) is 23.2 Å². The van der Waals surface area contributed by atoms with Crippen LogP contribution in [0.1, 0.15) is 6.42 Å². The molecule has 2 aliphatic heterocycles. The molecule has 7 nitrogen and oxygen atoms in total. The van der Waals surface area contributed by atoms with E-state index in [4.69, 9.17) is 23.2 Å². The Kier molecular flexibility index (Phi) is 3.77. The van der Waals surface area contributed by atoms with Gasteiger partial charge in [0.05, 0.1) is 19.3 Å². The first-order valence-corrected chi connectivity index (χ1v) is 7.37. The lowest BCUT2D eigenvalue weighted by Gasteiger charge is -2.21. The van der Waals surface area contributed by atoms with E-state index in [0.717, 1.165) is 4.90 Å². The maximum absolute atomic E-state index is 12.9. The molecule has 0 aliphatic carbocycles. The zero-order valence-corrected chi connectivity index (χ0v) is 13.4. The molecule has 1 fully saturated rings. The number of hydrogen-bond donors (Lipinski definition) is 1. The molecule has 2 amide bonds. The van der Waals surface area contributed by atoms with E-state index in [1.165, 1.54) is 25.3 Å². The van der Waals surface area contributed by atoms with Gasteiger partial charge in [-0.15, -0.1) is 0 Å². The second-order valence-corrected chi connectivity index (χ2v) is 6.08. The summed E-state index contributed by atoms with van der Waals surface area (Å²) in [5.41, 5.74) is 1.39. The summed E-state index contributed by atoms with van der Waals surface area (Å²) in [7, 11) is 1.19. The van der Waals surface area contributed by atoms with Crippen LogP contribution in [0.15, 0.2) is 23.3 Å². The lowest BCUT2D eigenvalue weighted by molar-refractivity contribution is -0.134. The van der Waals surface area contributed by atoms with Gasteiger partial charge in [0.2, 0.25) is 11.8 Å². The first-order valence-electron chi connectivity index (χ1n) is 6.62. The van der Waals surface area contributed by atoms with Crippen molar-refractivity contribution in [3.8, 4) is 0 Å². The van der Waals surface area contributed by atoms with Crippen LogP contribution in [0.4, 0.5) is 5.69 Å². The Labute approximate surface area is 141 Å². The van der Waals surface area contributed by atoms with Gasteiger partial charge in [0.15, 0.2) is 5.71 Å². The van der Waals surface area contributed by atoms with Gasteiger partial charge in [-0.2, -0.15) is 5.10 Å². The van der Waals surface area contributed by atoms with Gasteiger partial charge >= 0.3 is 5.97 Å². The van der Waals surface area contributed by atoms with Crippen molar-refractivity contribution in [1.29, 1.82) is 0 Å². The highest BCUT2D eigenvalue weighted by Crippen LogP contribution is 2.40. The molecule has 2 aliphatic rings. The average molecular weight is 356 g/mol. The van der Waals surface area contributed by atoms with Crippen LogP contribution >= 0.6 is 23.2 Å². The molecule has 1 N–H and O–H groups in total. The van der Waals surface area contributed by atoms with E-state index in [-0.39, 0.29) is 24.4 Å². The van der Waals surface area contributed by atoms with Crippen LogP contribution in [-0.4, -0.2) is 37.1 Å². The van der Waals surface area contributed by atoms with Crippen molar-refractivity contribution in [2.45, 2.75) is 6.42 Å². The van der Waals surface area contributed by atoms with E-state index in [9.17, 15) is 14.4 Å². The second-order valence-electron chi connectivity index (χ2n) is 5.21. The van der Waals surface area contributed by atoms with E-state index in [2.05, 4.69) is 15.3 Å². The van der Waals surface area contributed by atoms with Crippen molar-refractivity contribution in [1.82, 2.24) is 5.43 Å². The topological polar surface area (TPSA) is 88.1 Å². The molecule has 0 radical (unpaired) electrons. The number of amides is 2. The lowest BCUT2D eigenvalue weighted by Crippen LogP contribution is -2.45. The van der Waals surface area contributed by atoms with Crippen molar-refractivity contribution in [2.75, 3.05) is 18.6 Å². The van der Waals surface area contributed by atoms with Crippen LogP contribution in [-0.2, 0) is 19.1 Å². The number of esters is 1. The minimum atomic E-state index is -1.36. The van der Waals surface area contributed by atoms with Gasteiger partial charge < -0.3 is 10.2 Å². The maximum atomic E-state index is 12.9. The molecule has 1 unspecified atom stereocenters. The number of imide groups is 1. The Balaban J connectivity index is 2.04. The summed E-state index contributed by atoms with van der Waals surface area (Å²) < 4.78 is 4.65. The molecule has 1 aromatic carbocycles. The van der Waals surface area contributed by atoms with Crippen LogP contribution in [0.25, 0.3) is 0 Å². The molecule has 1 atom stereocenters. The number of benzene rings is 1. The van der Waals surface area contributed by atoms with Crippen molar-refractivity contribution >= 4 is 52.4 Å². The van der Waals surface area contributed by atoms with E-state index in [1.807, 2.05) is 0 Å². The predicted octanol–water partition coefficient (Wildman–Crippen LogP) is 1.38. The van der Waals surface area contributed by atoms with Crippen LogP contribution < -0.4 is 10.3 Å². The van der Waals surface area contributed by atoms with Gasteiger partial charge in [-0.05, 0) is 18.2 Å². The summed E-state index contributed by atoms with van der Waals surface area (Å²) in [4.78, 5) is 38.1. The first-order chi connectivity index (χ1) is 10.9. The molecule has 23 heavy (non-hydrogen) atoms. The molecule has 0 aromatic heterocycles. The highest BCUT2D eigenvalue weighted by molar-refractivity contribution is 6.47. The number of carbonyl (C=O) groups excluding carboxylic acids is 3. The standard InChI is InChI=1S/C14H11Cl2N3O4/c1-23-12(21)11-14(6-17-18-11)5-10(20)19(13(14)22)9-3-7(15)2-8(16)4-9/h2-4,17H,5-6H2,1H3. The molecule has 0 saturated carbocycles. The normalized spacial score (nSPS) is 23.3. The number of nitrogens with one attached hydrogen (secondary N) is 1. The number of hydrogen-bond acceptors (Lipinski definition) is 6. The monoisotopic (exact) mass is 355 g/mol. The molecule has 3 rings (SSSR count). The van der Waals surface area contributed by atoms with Gasteiger partial charge in [0, 0.05) is 16.5 Å². The highest BCUT2D eigenvalue weighted by atomic mass is 35.5. The lowest BCUT2D eigenvalue weighted by atomic mass is 9.81. The SMILES string of the molecule is COC(=O)C1=NNCC12CC(=O)N(c1cc(Cl)cc(Cl)c1)C2=O. The smallest absolute Gasteiger partial charge is 0.355 e. The summed E-state index contributed by atoms with van der Waals surface area (Å²) >= 11 is 11.9. The van der Waals surface area contributed by atoms with Crippen molar-refractivity contribution in [3.05, 3.63) is 28.2 Å². The molecular weight excluding hydrogens is 345 g/mol. The quantitative estimate of drug-likeness (QED) is 0.639. The van der Waals surface area contributed by atoms with Crippen LogP contribution in [0.3, 0.4) is 0 Å². The van der Waals surface area contributed by atoms with E-state index in [0.29, 0.717) is 10.0 Å². The summed E-state index contributed by atoms with van der Waals surface area (Å²) in [6, 6.07) is 4.41. The maximum Gasteiger partial charge on any atom is 0.355 e. The largest absolute Gasteiger partial charge is 0.464 e. The van der Waals surface area contributed by atoms with Gasteiger partial charge in [-0.3, -0.25) is 9.59 Å². The summed E-state index contributed by atoms with van der Waals surface area (Å²) in [5, 5.41) is 4.41. The zero-order chi connectivity index (χ0) is 16.8. The highest BCUT2D eigenvalue weighted by Gasteiger charge is 2.59. The fourth-order valence-electron chi connectivity index (χ4n) is 2.77. The Morgan fingerprint density at radius 2 is 1.96 bits per heavy atom. The van der Waals surface area contributed by atoms with Crippen molar-refractivity contribution in [3.63, 3.8) is 0 Å². The summed E-state index contributed by atoms with van der Waals surface area (Å²) in [6.07, 6.45) is -0.184. The molecule has 1 saturated heterocycles. The van der Waals surface area contributed by atoms with Gasteiger partial charge in [0.25, 0.3) is 0 Å². The second kappa shape index (κ2) is 5.50. The number of nitrogens with zero attached hydrogens (tertiary/aromatic N) is 2. The predicted molar refractivity (Wildman–Crippen MR) is 83.5 cm³/mol. The Morgan fingerprint density at radius 1 is 1.30 bits per heavy atom. The van der Waals surface area contributed by atoms with Crippen molar-refractivity contribution in [2.24, 2.45) is 10.5 Å². The number of rotatable bonds is 2. The zero-order valence-electron chi connectivity index (χ0n) is 11.9. The first kappa shape index (κ1) is 15.8. The van der Waals surface area contributed by atoms with Crippen LogP contribution in [0.5, 0.6) is 0 Å². The Hall–Kier alpha value is -2.12. The van der Waals surface area contributed by atoms with Gasteiger partial charge in [-0.25, -0.2) is 9.69 Å². The molecular formula is C14H11Cl2N3O4. The molecule has 2 heterocycles. The number of hydrazone groups is 1. The molecule has 9 heteroatoms. The van der Waals surface area contributed by atoms with E-state index in [1.54, 1.807) is 0 Å². The van der Waals surface area contributed by atoms with Crippen molar-refractivity contribution < 1.29 is 19.1 Å². The van der Waals surface area contributed by atoms with Gasteiger partial charge in [0.1, 0.15) is 5.41 Å². The van der Waals surface area contributed by atoms with E-state index < -0.39 is 23.2 Å². The molecule has 1 aromatic rings. The third-order valence-corrected chi connectivity index (χ3v) is 4.26. The number of methoxy groups -OCH3 is 1. The van der Waals surface area contributed by atoms with E-state index >= 15 is 0 Å². The fraction of sp³-hybridized carbons (Fsp3) is 0.286.